The molecule has 0 aromatic rings. The highest BCUT2D eigenvalue weighted by molar-refractivity contribution is 5.21. The van der Waals surface area contributed by atoms with Crippen molar-refractivity contribution in [2.75, 3.05) is 13.2 Å². The minimum absolute atomic E-state index is 0.577. The van der Waals surface area contributed by atoms with Crippen LogP contribution in [0.2, 0.25) is 0 Å². The van der Waals surface area contributed by atoms with Gasteiger partial charge in [-0.15, -0.1) is 0 Å². The molecule has 0 unspecified atom stereocenters. The van der Waals surface area contributed by atoms with Crippen molar-refractivity contribution in [3.8, 4) is 0 Å². The molecular formula is C14H24NO. The SMILES string of the molecule is CC(C)N(CCOC1=CC[CH]C=C1)C(C)C. The Morgan fingerprint density at radius 1 is 1.25 bits per heavy atom. The second-order valence-electron chi connectivity index (χ2n) is 4.71. The van der Waals surface area contributed by atoms with Crippen LogP contribution in [-0.4, -0.2) is 30.1 Å². The van der Waals surface area contributed by atoms with Gasteiger partial charge < -0.3 is 4.74 Å². The third-order valence-electron chi connectivity index (χ3n) is 2.80. The van der Waals surface area contributed by atoms with Gasteiger partial charge in [0.05, 0.1) is 0 Å². The van der Waals surface area contributed by atoms with Crippen molar-refractivity contribution in [1.82, 2.24) is 4.90 Å². The molecule has 0 saturated heterocycles. The minimum atomic E-state index is 0.577. The van der Waals surface area contributed by atoms with Gasteiger partial charge in [-0.2, -0.15) is 0 Å². The van der Waals surface area contributed by atoms with Crippen LogP contribution in [0.1, 0.15) is 34.1 Å². The Hall–Kier alpha value is -0.760. The third-order valence-corrected chi connectivity index (χ3v) is 2.80. The highest BCUT2D eigenvalue weighted by Gasteiger charge is 2.12. The Kier molecular flexibility index (Phi) is 5.61. The molecule has 0 heterocycles. The number of allylic oxidation sites excluding steroid dienone is 3. The summed E-state index contributed by atoms with van der Waals surface area (Å²) in [5, 5.41) is 0. The van der Waals surface area contributed by atoms with E-state index in [1.54, 1.807) is 0 Å². The van der Waals surface area contributed by atoms with Gasteiger partial charge in [-0.3, -0.25) is 4.90 Å². The summed E-state index contributed by atoms with van der Waals surface area (Å²) in [6.07, 6.45) is 9.32. The maximum Gasteiger partial charge on any atom is 0.115 e. The topological polar surface area (TPSA) is 12.5 Å². The van der Waals surface area contributed by atoms with Crippen LogP contribution < -0.4 is 0 Å². The normalized spacial score (nSPS) is 16.1. The van der Waals surface area contributed by atoms with Gasteiger partial charge in [0.2, 0.25) is 0 Å². The van der Waals surface area contributed by atoms with Gasteiger partial charge in [0.25, 0.3) is 0 Å². The lowest BCUT2D eigenvalue weighted by molar-refractivity contribution is 0.117. The van der Waals surface area contributed by atoms with E-state index in [1.165, 1.54) is 0 Å². The Morgan fingerprint density at radius 3 is 2.44 bits per heavy atom. The van der Waals surface area contributed by atoms with Gasteiger partial charge >= 0.3 is 0 Å². The van der Waals surface area contributed by atoms with Crippen LogP contribution in [0.5, 0.6) is 0 Å². The maximum atomic E-state index is 5.73. The van der Waals surface area contributed by atoms with Crippen molar-refractivity contribution in [1.29, 1.82) is 0 Å². The van der Waals surface area contributed by atoms with Crippen molar-refractivity contribution >= 4 is 0 Å². The van der Waals surface area contributed by atoms with Gasteiger partial charge in [-0.25, -0.2) is 0 Å². The zero-order valence-corrected chi connectivity index (χ0v) is 10.9. The predicted molar refractivity (Wildman–Crippen MR) is 69.1 cm³/mol. The Bertz CT molecular complexity index is 245. The summed E-state index contributed by atoms with van der Waals surface area (Å²) in [4.78, 5) is 2.44. The zero-order valence-electron chi connectivity index (χ0n) is 10.9. The van der Waals surface area contributed by atoms with Crippen LogP contribution in [0.15, 0.2) is 24.0 Å². The molecule has 0 saturated carbocycles. The summed E-state index contributed by atoms with van der Waals surface area (Å²) in [6, 6.07) is 1.15. The van der Waals surface area contributed by atoms with E-state index in [-0.39, 0.29) is 0 Å². The first-order valence-electron chi connectivity index (χ1n) is 6.20. The molecule has 1 aliphatic carbocycles. The molecule has 91 valence electrons. The Morgan fingerprint density at radius 2 is 1.94 bits per heavy atom. The zero-order chi connectivity index (χ0) is 12.0. The maximum absolute atomic E-state index is 5.73. The smallest absolute Gasteiger partial charge is 0.115 e. The molecule has 0 atom stereocenters. The van der Waals surface area contributed by atoms with E-state index in [2.05, 4.69) is 51.2 Å². The van der Waals surface area contributed by atoms with Gasteiger partial charge in [0, 0.05) is 18.6 Å². The molecule has 0 bridgehead atoms. The molecule has 1 radical (unpaired) electrons. The van der Waals surface area contributed by atoms with E-state index in [4.69, 9.17) is 4.74 Å². The fourth-order valence-corrected chi connectivity index (χ4v) is 1.98. The molecule has 0 aliphatic heterocycles. The van der Waals surface area contributed by atoms with Crippen LogP contribution in [0.25, 0.3) is 0 Å². The lowest BCUT2D eigenvalue weighted by Crippen LogP contribution is -2.39. The monoisotopic (exact) mass is 222 g/mol. The lowest BCUT2D eigenvalue weighted by atomic mass is 10.2. The second-order valence-corrected chi connectivity index (χ2v) is 4.71. The largest absolute Gasteiger partial charge is 0.493 e. The molecule has 0 aromatic heterocycles. The van der Waals surface area contributed by atoms with E-state index < -0.39 is 0 Å². The second kappa shape index (κ2) is 6.74. The molecular weight excluding hydrogens is 198 g/mol. The van der Waals surface area contributed by atoms with E-state index in [9.17, 15) is 0 Å². The van der Waals surface area contributed by atoms with Gasteiger partial charge in [-0.1, -0.05) is 6.08 Å². The Labute approximate surface area is 100.0 Å². The Balaban J connectivity index is 2.27. The summed E-state index contributed by atoms with van der Waals surface area (Å²) in [5.41, 5.74) is 0. The van der Waals surface area contributed by atoms with Crippen LogP contribution in [0.4, 0.5) is 0 Å². The molecule has 0 aromatic carbocycles. The quantitative estimate of drug-likeness (QED) is 0.684. The van der Waals surface area contributed by atoms with E-state index in [1.807, 2.05) is 6.08 Å². The van der Waals surface area contributed by atoms with Gasteiger partial charge in [0.15, 0.2) is 0 Å². The van der Waals surface area contributed by atoms with Gasteiger partial charge in [0.1, 0.15) is 12.4 Å². The number of ether oxygens (including phenoxy) is 1. The summed E-state index contributed by atoms with van der Waals surface area (Å²) in [5.74, 6) is 1.01. The van der Waals surface area contributed by atoms with E-state index >= 15 is 0 Å². The van der Waals surface area contributed by atoms with Crippen LogP contribution >= 0.6 is 0 Å². The molecule has 0 N–H and O–H groups in total. The van der Waals surface area contributed by atoms with Crippen molar-refractivity contribution in [2.24, 2.45) is 0 Å². The molecule has 1 aliphatic rings. The summed E-state index contributed by atoms with van der Waals surface area (Å²) in [7, 11) is 0. The highest BCUT2D eigenvalue weighted by Crippen LogP contribution is 2.11. The van der Waals surface area contributed by atoms with Crippen molar-refractivity contribution < 1.29 is 4.74 Å². The predicted octanol–water partition coefficient (Wildman–Crippen LogP) is 3.17. The molecule has 2 heteroatoms. The average molecular weight is 222 g/mol. The first-order chi connectivity index (χ1) is 7.61. The van der Waals surface area contributed by atoms with E-state index in [0.29, 0.717) is 12.1 Å². The first-order valence-corrected chi connectivity index (χ1v) is 6.20. The van der Waals surface area contributed by atoms with Crippen LogP contribution in [0, 0.1) is 6.42 Å². The van der Waals surface area contributed by atoms with E-state index in [0.717, 1.165) is 25.3 Å². The molecule has 2 nitrogen and oxygen atoms in total. The molecule has 0 spiro atoms. The van der Waals surface area contributed by atoms with Crippen molar-refractivity contribution in [3.63, 3.8) is 0 Å². The minimum Gasteiger partial charge on any atom is -0.493 e. The summed E-state index contributed by atoms with van der Waals surface area (Å²) in [6.45, 7) is 10.7. The standard InChI is InChI=1S/C14H24NO/c1-12(2)15(13(3)4)10-11-16-14-8-6-5-7-9-14/h5-6,8-9,12-13H,7,10-11H2,1-4H3. The third kappa shape index (κ3) is 4.40. The fraction of sp³-hybridized carbons (Fsp3) is 0.643. The number of hydrogen-bond acceptors (Lipinski definition) is 2. The summed E-state index contributed by atoms with van der Waals surface area (Å²) < 4.78 is 5.73. The van der Waals surface area contributed by atoms with Crippen LogP contribution in [-0.2, 0) is 4.74 Å². The average Bonchev–Trinajstić information content (AvgIpc) is 2.24. The first kappa shape index (κ1) is 13.3. The summed E-state index contributed by atoms with van der Waals surface area (Å²) >= 11 is 0. The van der Waals surface area contributed by atoms with Crippen LogP contribution in [0.3, 0.4) is 0 Å². The number of rotatable bonds is 6. The highest BCUT2D eigenvalue weighted by atomic mass is 16.5. The van der Waals surface area contributed by atoms with Crippen molar-refractivity contribution in [2.45, 2.75) is 46.2 Å². The molecule has 0 fully saturated rings. The number of nitrogens with zero attached hydrogens (tertiary/aromatic N) is 1. The number of hydrogen-bond donors (Lipinski definition) is 0. The lowest BCUT2D eigenvalue weighted by Gasteiger charge is -2.30. The molecule has 0 amide bonds. The van der Waals surface area contributed by atoms with Crippen molar-refractivity contribution in [3.05, 3.63) is 30.4 Å². The molecule has 16 heavy (non-hydrogen) atoms. The fourth-order valence-electron chi connectivity index (χ4n) is 1.98. The van der Waals surface area contributed by atoms with Gasteiger partial charge in [-0.05, 0) is 52.7 Å². The molecule has 1 rings (SSSR count).